The topological polar surface area (TPSA) is 32.7 Å². The average molecular weight is 678 g/mol. The Morgan fingerprint density at radius 2 is 0.750 bits per heavy atom. The summed E-state index contributed by atoms with van der Waals surface area (Å²) in [6.07, 6.45) is 8.37. The molecular weight excluding hydrogens is 639 g/mol. The Hall–Kier alpha value is -5.04. The summed E-state index contributed by atoms with van der Waals surface area (Å²) >= 11 is 12.1. The van der Waals surface area contributed by atoms with Gasteiger partial charge in [0.25, 0.3) is 0 Å². The number of hydrogen-bond acceptors (Lipinski definition) is 4. The third-order valence-electron chi connectivity index (χ3n) is 8.15. The SMILES string of the molecule is CN(c1ccc(Cl)cc1)c1cc[n+](Cc2ccc(OCCOc3ccc(C[n+]4ccc(N(C)c5ccc(Cl)cc5)cc4)cc3)cc2)cc1. The van der Waals surface area contributed by atoms with Gasteiger partial charge in [-0.2, -0.15) is 0 Å². The number of aromatic nitrogens is 2. The highest BCUT2D eigenvalue weighted by Crippen LogP contribution is 2.25. The molecule has 0 aliphatic rings. The van der Waals surface area contributed by atoms with Crippen LogP contribution >= 0.6 is 23.2 Å². The molecule has 48 heavy (non-hydrogen) atoms. The number of ether oxygens (including phenoxy) is 2. The standard InChI is InChI=1S/C40H38Cl2N4O2/c1-43(35-11-7-33(41)8-12-35)37-19-23-45(24-20-37)29-31-3-15-39(16-4-31)47-27-28-48-40-17-5-32(6-18-40)30-46-25-21-38(22-26-46)44(2)36-13-9-34(42)10-14-36/h3-26H,27-30H2,1-2H3/q+2. The predicted octanol–water partition coefficient (Wildman–Crippen LogP) is 8.66. The van der Waals surface area contributed by atoms with Gasteiger partial charge < -0.3 is 19.3 Å². The second-order valence-corrected chi connectivity index (χ2v) is 12.4. The predicted molar refractivity (Wildman–Crippen MR) is 194 cm³/mol. The first-order chi connectivity index (χ1) is 23.4. The first-order valence-electron chi connectivity index (χ1n) is 15.8. The minimum atomic E-state index is 0.463. The van der Waals surface area contributed by atoms with Crippen molar-refractivity contribution >= 4 is 46.0 Å². The number of nitrogens with zero attached hydrogens (tertiary/aromatic N) is 4. The average Bonchev–Trinajstić information content (AvgIpc) is 3.12. The summed E-state index contributed by atoms with van der Waals surface area (Å²) in [6.45, 7) is 2.47. The molecule has 8 heteroatoms. The van der Waals surface area contributed by atoms with Gasteiger partial charge in [-0.05, 0) is 97.1 Å². The quantitative estimate of drug-likeness (QED) is 0.0905. The van der Waals surface area contributed by atoms with E-state index in [0.29, 0.717) is 13.2 Å². The monoisotopic (exact) mass is 676 g/mol. The van der Waals surface area contributed by atoms with E-state index in [2.05, 4.69) is 92.3 Å². The van der Waals surface area contributed by atoms with E-state index in [1.54, 1.807) is 0 Å². The Bertz CT molecular complexity index is 1740. The third-order valence-corrected chi connectivity index (χ3v) is 8.65. The molecule has 0 fully saturated rings. The van der Waals surface area contributed by atoms with E-state index < -0.39 is 0 Å². The molecule has 0 unspecified atom stereocenters. The number of pyridine rings is 2. The molecule has 0 aliphatic carbocycles. The lowest BCUT2D eigenvalue weighted by molar-refractivity contribution is -0.688. The molecule has 0 N–H and O–H groups in total. The summed E-state index contributed by atoms with van der Waals surface area (Å²) in [4.78, 5) is 4.27. The van der Waals surface area contributed by atoms with Gasteiger partial charge in [0, 0.05) is 70.9 Å². The van der Waals surface area contributed by atoms with Crippen LogP contribution in [0.15, 0.2) is 146 Å². The Morgan fingerprint density at radius 1 is 0.438 bits per heavy atom. The minimum absolute atomic E-state index is 0.463. The van der Waals surface area contributed by atoms with E-state index >= 15 is 0 Å². The third kappa shape index (κ3) is 8.85. The molecule has 0 saturated heterocycles. The molecule has 0 bridgehead atoms. The van der Waals surface area contributed by atoms with Crippen LogP contribution in [0.2, 0.25) is 10.0 Å². The van der Waals surface area contributed by atoms with Crippen molar-refractivity contribution in [1.82, 2.24) is 0 Å². The van der Waals surface area contributed by atoms with Crippen molar-refractivity contribution in [1.29, 1.82) is 0 Å². The van der Waals surface area contributed by atoms with Gasteiger partial charge in [-0.15, -0.1) is 0 Å². The molecule has 6 nitrogen and oxygen atoms in total. The molecule has 0 radical (unpaired) electrons. The molecule has 0 atom stereocenters. The molecular formula is C40H38Cl2N4O2+2. The maximum absolute atomic E-state index is 6.03. The fraction of sp³-hybridized carbons (Fsp3) is 0.150. The van der Waals surface area contributed by atoms with Crippen LogP contribution in [0.1, 0.15) is 11.1 Å². The van der Waals surface area contributed by atoms with Crippen LogP contribution in [0.25, 0.3) is 0 Å². The van der Waals surface area contributed by atoms with Crippen molar-refractivity contribution in [3.05, 3.63) is 167 Å². The number of anilines is 4. The van der Waals surface area contributed by atoms with Crippen LogP contribution in [0.5, 0.6) is 11.5 Å². The van der Waals surface area contributed by atoms with Gasteiger partial charge in [-0.1, -0.05) is 23.2 Å². The molecule has 0 saturated carbocycles. The van der Waals surface area contributed by atoms with Crippen LogP contribution in [0.4, 0.5) is 22.7 Å². The molecule has 2 aromatic heterocycles. The van der Waals surface area contributed by atoms with E-state index in [4.69, 9.17) is 32.7 Å². The fourth-order valence-corrected chi connectivity index (χ4v) is 5.56. The summed E-state index contributed by atoms with van der Waals surface area (Å²) in [6, 6.07) is 40.5. The zero-order chi connectivity index (χ0) is 33.3. The van der Waals surface area contributed by atoms with E-state index in [-0.39, 0.29) is 0 Å². The molecule has 0 amide bonds. The first kappa shape index (κ1) is 32.9. The molecule has 242 valence electrons. The van der Waals surface area contributed by atoms with Gasteiger partial charge in [0.1, 0.15) is 24.7 Å². The normalized spacial score (nSPS) is 10.8. The second kappa shape index (κ2) is 15.7. The maximum atomic E-state index is 6.03. The molecule has 6 rings (SSSR count). The molecule has 6 aromatic rings. The van der Waals surface area contributed by atoms with Gasteiger partial charge in [0.15, 0.2) is 37.9 Å². The second-order valence-electron chi connectivity index (χ2n) is 11.5. The molecule has 2 heterocycles. The summed E-state index contributed by atoms with van der Waals surface area (Å²) in [5, 5.41) is 1.47. The number of halogens is 2. The lowest BCUT2D eigenvalue weighted by Crippen LogP contribution is -2.33. The molecule has 4 aromatic carbocycles. The molecule has 0 spiro atoms. The Balaban J connectivity index is 0.916. The van der Waals surface area contributed by atoms with Gasteiger partial charge in [0.2, 0.25) is 0 Å². The van der Waals surface area contributed by atoms with E-state index in [0.717, 1.165) is 57.4 Å². The summed E-state index contributed by atoms with van der Waals surface area (Å²) in [5.74, 6) is 1.65. The maximum Gasteiger partial charge on any atom is 0.173 e. The number of rotatable bonds is 13. The van der Waals surface area contributed by atoms with Crippen LogP contribution < -0.4 is 28.4 Å². The van der Waals surface area contributed by atoms with Crippen LogP contribution in [0.3, 0.4) is 0 Å². The van der Waals surface area contributed by atoms with Crippen LogP contribution in [-0.4, -0.2) is 27.3 Å². The van der Waals surface area contributed by atoms with Crippen LogP contribution in [0, 0.1) is 0 Å². The summed E-state index contributed by atoms with van der Waals surface area (Å²) in [5.41, 5.74) is 6.78. The molecule has 0 aliphatic heterocycles. The first-order valence-corrected chi connectivity index (χ1v) is 16.6. The van der Waals surface area contributed by atoms with Crippen molar-refractivity contribution in [2.24, 2.45) is 0 Å². The smallest absolute Gasteiger partial charge is 0.173 e. The number of benzene rings is 4. The Morgan fingerprint density at radius 3 is 1.08 bits per heavy atom. The number of hydrogen-bond donors (Lipinski definition) is 0. The van der Waals surface area contributed by atoms with E-state index in [1.807, 2.05) is 86.9 Å². The van der Waals surface area contributed by atoms with Crippen molar-refractivity contribution in [2.45, 2.75) is 13.1 Å². The van der Waals surface area contributed by atoms with Gasteiger partial charge in [0.05, 0.1) is 11.4 Å². The van der Waals surface area contributed by atoms with Gasteiger partial charge in [-0.25, -0.2) is 9.13 Å². The summed E-state index contributed by atoms with van der Waals surface area (Å²) < 4.78 is 16.2. The van der Waals surface area contributed by atoms with Crippen molar-refractivity contribution in [3.63, 3.8) is 0 Å². The fourth-order valence-electron chi connectivity index (χ4n) is 5.31. The van der Waals surface area contributed by atoms with Gasteiger partial charge in [-0.3, -0.25) is 0 Å². The zero-order valence-corrected chi connectivity index (χ0v) is 28.6. The van der Waals surface area contributed by atoms with E-state index in [9.17, 15) is 0 Å². The van der Waals surface area contributed by atoms with Crippen molar-refractivity contribution < 1.29 is 18.6 Å². The minimum Gasteiger partial charge on any atom is -0.490 e. The van der Waals surface area contributed by atoms with Crippen molar-refractivity contribution in [2.75, 3.05) is 37.1 Å². The Labute approximate surface area is 292 Å². The van der Waals surface area contributed by atoms with E-state index in [1.165, 1.54) is 11.1 Å². The van der Waals surface area contributed by atoms with Gasteiger partial charge >= 0.3 is 0 Å². The largest absolute Gasteiger partial charge is 0.490 e. The highest BCUT2D eigenvalue weighted by atomic mass is 35.5. The lowest BCUT2D eigenvalue weighted by Gasteiger charge is -2.18. The summed E-state index contributed by atoms with van der Waals surface area (Å²) in [7, 11) is 4.10. The Kier molecular flexibility index (Phi) is 10.8. The van der Waals surface area contributed by atoms with Crippen LogP contribution in [-0.2, 0) is 13.1 Å². The van der Waals surface area contributed by atoms with Crippen molar-refractivity contribution in [3.8, 4) is 11.5 Å². The highest BCUT2D eigenvalue weighted by Gasteiger charge is 2.10. The highest BCUT2D eigenvalue weighted by molar-refractivity contribution is 6.30. The zero-order valence-electron chi connectivity index (χ0n) is 27.0. The lowest BCUT2D eigenvalue weighted by atomic mass is 10.2.